The molecule has 0 aliphatic carbocycles. The van der Waals surface area contributed by atoms with Crippen LogP contribution in [0, 0.1) is 25.7 Å². The number of aryl methyl sites for hydroxylation is 2. The predicted octanol–water partition coefficient (Wildman–Crippen LogP) is 15.4. The molecule has 10 rings (SSSR count). The Hall–Kier alpha value is -6.72. The van der Waals surface area contributed by atoms with E-state index in [0.717, 1.165) is 76.1 Å². The molecule has 0 spiro atoms. The van der Waals surface area contributed by atoms with Crippen LogP contribution < -0.4 is 29.5 Å². The van der Waals surface area contributed by atoms with E-state index in [1.807, 2.05) is 72.8 Å². The number of thioether (sulfide) groups is 4. The topological polar surface area (TPSA) is 140 Å². The van der Waals surface area contributed by atoms with E-state index >= 15 is 0 Å². The molecule has 2 fully saturated rings. The van der Waals surface area contributed by atoms with Crippen LogP contribution in [0.25, 0.3) is 0 Å². The van der Waals surface area contributed by atoms with Gasteiger partial charge in [0, 0.05) is 0 Å². The second kappa shape index (κ2) is 25.4. The number of para-hydroxylation sites is 4. The van der Waals surface area contributed by atoms with Gasteiger partial charge in [0.1, 0.15) is 34.1 Å². The lowest BCUT2D eigenvalue weighted by atomic mass is 10.0. The largest absolute Gasteiger partial charge is 0.507 e. The molecule has 2 saturated heterocycles. The number of hydrogen-bond acceptors (Lipinski definition) is 12. The van der Waals surface area contributed by atoms with Crippen LogP contribution in [-0.2, 0) is 19.2 Å². The third-order valence-corrected chi connectivity index (χ3v) is 19.2. The van der Waals surface area contributed by atoms with Gasteiger partial charge in [-0.15, -0.1) is 0 Å². The van der Waals surface area contributed by atoms with Gasteiger partial charge in [0.2, 0.25) is 0 Å². The fourth-order valence-corrected chi connectivity index (χ4v) is 14.9. The van der Waals surface area contributed by atoms with Crippen LogP contribution >= 0.6 is 47.0 Å². The number of phenolic OH excluding ortho intramolecular Hbond substituents is 2. The van der Waals surface area contributed by atoms with Gasteiger partial charge in [0.15, 0.2) is 0 Å². The van der Waals surface area contributed by atoms with Crippen molar-refractivity contribution >= 4 is 93.4 Å². The first kappa shape index (κ1) is 56.0. The number of benzene rings is 6. The van der Waals surface area contributed by atoms with E-state index in [0.29, 0.717) is 71.6 Å². The zero-order valence-electron chi connectivity index (χ0n) is 44.7. The van der Waals surface area contributed by atoms with Crippen LogP contribution in [-0.4, -0.2) is 47.1 Å². The number of carbonyl (C=O) groups is 4. The first-order valence-electron chi connectivity index (χ1n) is 26.6. The minimum atomic E-state index is -0.460. The number of hydrazine groups is 2. The fraction of sp³-hybridized carbons (Fsp3) is 0.290. The van der Waals surface area contributed by atoms with Crippen molar-refractivity contribution in [3.63, 3.8) is 0 Å². The van der Waals surface area contributed by atoms with Crippen molar-refractivity contribution in [3.05, 3.63) is 164 Å². The zero-order valence-corrected chi connectivity index (χ0v) is 48.0. The molecule has 16 heteroatoms. The molecule has 4 heterocycles. The van der Waals surface area contributed by atoms with Gasteiger partial charge < -0.3 is 19.7 Å². The van der Waals surface area contributed by atoms with Crippen molar-refractivity contribution in [2.24, 2.45) is 11.8 Å². The predicted molar refractivity (Wildman–Crippen MR) is 316 cm³/mol. The van der Waals surface area contributed by atoms with Gasteiger partial charge in [0.25, 0.3) is 23.6 Å². The molecule has 0 bridgehead atoms. The molecule has 2 N–H and O–H groups in total. The summed E-state index contributed by atoms with van der Waals surface area (Å²) in [6, 6.07) is 40.2. The van der Waals surface area contributed by atoms with Crippen molar-refractivity contribution in [2.75, 3.05) is 33.2 Å². The SMILES string of the molecule is CCCCC(CC)COc1cc(C)c(OCC(CC)CCCC)c2c1SC(=C1C(=O)N(c3ccccc3)N(c3ccccc3)C1=O)S2.Cc1cc(O)c2c(c1O)SC(=C1C(=O)N(c3ccccc3)N(c3ccccc3)C1=O)S2. The molecule has 6 aromatic carbocycles. The Morgan fingerprint density at radius 2 is 0.833 bits per heavy atom. The van der Waals surface area contributed by atoms with Gasteiger partial charge in [-0.05, 0) is 110 Å². The highest BCUT2D eigenvalue weighted by Gasteiger charge is 2.48. The molecular formula is C62H64N4O8S4. The Kier molecular flexibility index (Phi) is 18.2. The van der Waals surface area contributed by atoms with Crippen LogP contribution in [0.1, 0.15) is 90.2 Å². The van der Waals surface area contributed by atoms with Crippen LogP contribution in [0.5, 0.6) is 23.0 Å². The summed E-state index contributed by atoms with van der Waals surface area (Å²) in [7, 11) is 0. The second-order valence-corrected chi connectivity index (χ2v) is 24.0. The third kappa shape index (κ3) is 11.5. The first-order valence-corrected chi connectivity index (χ1v) is 29.9. The van der Waals surface area contributed by atoms with E-state index in [4.69, 9.17) is 9.47 Å². The number of hydrogen-bond donors (Lipinski definition) is 2. The number of phenols is 2. The van der Waals surface area contributed by atoms with Crippen molar-refractivity contribution in [3.8, 4) is 23.0 Å². The van der Waals surface area contributed by atoms with E-state index < -0.39 is 11.8 Å². The molecule has 4 aliphatic heterocycles. The molecule has 0 saturated carbocycles. The summed E-state index contributed by atoms with van der Waals surface area (Å²) in [5.74, 6) is 1.01. The number of anilines is 4. The molecule has 2 unspecified atom stereocenters. The molecule has 0 aromatic heterocycles. The standard InChI is InChI=1S/C39H48N2O4S2.C23H16N2O4S2/c1-6-10-18-28(8-3)25-44-32-24-27(5)34(45-26-29(9-4)19-11-7-2)36-35(32)46-39(47-36)33-37(42)40(30-20-14-12-15-21-30)41(38(33)43)31-22-16-13-17-23-31;1-13-12-16(26)19-20(18(13)27)31-23(30-19)17-21(28)24(14-8-4-2-5-9-14)25(22(17)29)15-10-6-3-7-11-15/h12-17,20-24,28-29H,6-11,18-19,25-26H2,1-5H3;2-12,26-27H,1H3. The smallest absolute Gasteiger partial charge is 0.284 e. The highest BCUT2D eigenvalue weighted by molar-refractivity contribution is 8.25. The highest BCUT2D eigenvalue weighted by atomic mass is 32.2. The maximum absolute atomic E-state index is 14.3. The van der Waals surface area contributed by atoms with Crippen molar-refractivity contribution < 1.29 is 38.9 Å². The van der Waals surface area contributed by atoms with E-state index in [2.05, 4.69) is 40.7 Å². The van der Waals surface area contributed by atoms with Crippen LogP contribution in [0.3, 0.4) is 0 Å². The number of nitrogens with zero attached hydrogens (tertiary/aromatic N) is 4. The van der Waals surface area contributed by atoms with Crippen LogP contribution in [0.15, 0.2) is 173 Å². The Morgan fingerprint density at radius 3 is 1.23 bits per heavy atom. The number of amides is 4. The second-order valence-electron chi connectivity index (χ2n) is 19.4. The average molecular weight is 1120 g/mol. The number of aromatic hydroxyl groups is 2. The third-order valence-electron chi connectivity index (χ3n) is 14.0. The number of fused-ring (bicyclic) bond motifs is 2. The average Bonchev–Trinajstić information content (AvgIpc) is 4.38. The first-order chi connectivity index (χ1) is 37.9. The van der Waals surface area contributed by atoms with E-state index in [1.165, 1.54) is 75.3 Å². The van der Waals surface area contributed by atoms with Gasteiger partial charge in [-0.25, -0.2) is 20.0 Å². The monoisotopic (exact) mass is 1120 g/mol. The summed E-state index contributed by atoms with van der Waals surface area (Å²) in [5, 5.41) is 26.5. The van der Waals surface area contributed by atoms with Gasteiger partial charge in [-0.1, -0.05) is 186 Å². The highest BCUT2D eigenvalue weighted by Crippen LogP contribution is 2.62. The maximum Gasteiger partial charge on any atom is 0.284 e. The van der Waals surface area contributed by atoms with E-state index in [1.54, 1.807) is 55.5 Å². The number of unbranched alkanes of at least 4 members (excludes halogenated alkanes) is 2. The molecule has 6 aromatic rings. The summed E-state index contributed by atoms with van der Waals surface area (Å²) in [5.41, 5.74) is 4.10. The summed E-state index contributed by atoms with van der Waals surface area (Å²) in [6.45, 7) is 13.9. The van der Waals surface area contributed by atoms with Crippen molar-refractivity contribution in [1.29, 1.82) is 0 Å². The fourth-order valence-electron chi connectivity index (χ4n) is 9.48. The summed E-state index contributed by atoms with van der Waals surface area (Å²) in [6.07, 6.45) is 9.09. The molecule has 4 aliphatic rings. The van der Waals surface area contributed by atoms with Gasteiger partial charge in [0.05, 0.1) is 64.0 Å². The summed E-state index contributed by atoms with van der Waals surface area (Å²) >= 11 is 5.17. The number of carbonyl (C=O) groups excluding carboxylic acids is 4. The van der Waals surface area contributed by atoms with Gasteiger partial charge in [-0.3, -0.25) is 19.2 Å². The zero-order chi connectivity index (χ0) is 55.0. The molecule has 404 valence electrons. The summed E-state index contributed by atoms with van der Waals surface area (Å²) < 4.78 is 14.3. The minimum Gasteiger partial charge on any atom is -0.507 e. The van der Waals surface area contributed by atoms with Crippen molar-refractivity contribution in [1.82, 2.24) is 0 Å². The number of rotatable bonds is 18. The quantitative estimate of drug-likeness (QED) is 0.0481. The molecule has 78 heavy (non-hydrogen) atoms. The Bertz CT molecular complexity index is 3130. The lowest BCUT2D eigenvalue weighted by Crippen LogP contribution is -2.41. The molecule has 12 nitrogen and oxygen atoms in total. The minimum absolute atomic E-state index is 0.00959. The lowest BCUT2D eigenvalue weighted by Gasteiger charge is -2.27. The van der Waals surface area contributed by atoms with E-state index in [9.17, 15) is 29.4 Å². The lowest BCUT2D eigenvalue weighted by molar-refractivity contribution is -0.118. The molecule has 2 atom stereocenters. The molecule has 0 radical (unpaired) electrons. The van der Waals surface area contributed by atoms with Gasteiger partial charge in [-0.2, -0.15) is 0 Å². The summed E-state index contributed by atoms with van der Waals surface area (Å²) in [4.78, 5) is 58.4. The van der Waals surface area contributed by atoms with Crippen molar-refractivity contribution in [2.45, 2.75) is 112 Å². The number of ether oxygens (including phenoxy) is 2. The maximum atomic E-state index is 14.3. The van der Waals surface area contributed by atoms with Crippen LogP contribution in [0.4, 0.5) is 22.7 Å². The van der Waals surface area contributed by atoms with Crippen LogP contribution in [0.2, 0.25) is 0 Å². The van der Waals surface area contributed by atoms with Gasteiger partial charge >= 0.3 is 0 Å². The Balaban J connectivity index is 0.000000206. The van der Waals surface area contributed by atoms with E-state index in [-0.39, 0.29) is 34.5 Å². The molecule has 4 amide bonds. The Morgan fingerprint density at radius 1 is 0.462 bits per heavy atom. The Labute approximate surface area is 474 Å². The normalized spacial score (nSPS) is 15.8. The molecular weight excluding hydrogens is 1060 g/mol.